The fraction of sp³-hybridized carbons (Fsp3) is 0.273. The van der Waals surface area contributed by atoms with Crippen molar-refractivity contribution >= 4 is 16.6 Å². The lowest BCUT2D eigenvalue weighted by atomic mass is 10.2. The Morgan fingerprint density at radius 3 is 2.89 bits per heavy atom. The van der Waals surface area contributed by atoms with Gasteiger partial charge in [-0.1, -0.05) is 0 Å². The van der Waals surface area contributed by atoms with Gasteiger partial charge in [-0.15, -0.1) is 0 Å². The third-order valence-corrected chi connectivity index (χ3v) is 2.70. The molecule has 2 rings (SSSR count). The average molecular weight is 264 g/mol. The van der Waals surface area contributed by atoms with Crippen molar-refractivity contribution in [3.8, 4) is 0 Å². The molecule has 1 aromatic carbocycles. The molecule has 3 N–H and O–H groups in total. The Kier molecular flexibility index (Phi) is 3.54. The molecule has 8 heteroatoms. The molecule has 100 valence electrons. The van der Waals surface area contributed by atoms with E-state index in [0.717, 1.165) is 0 Å². The molecule has 19 heavy (non-hydrogen) atoms. The summed E-state index contributed by atoms with van der Waals surface area (Å²) in [4.78, 5) is 26.2. The second kappa shape index (κ2) is 5.12. The average Bonchev–Trinajstić information content (AvgIpc) is 2.41. The number of aliphatic hydroxyl groups excluding tert-OH is 1. The summed E-state index contributed by atoms with van der Waals surface area (Å²) in [5.74, 6) is 0. The zero-order valence-corrected chi connectivity index (χ0v) is 9.89. The van der Waals surface area contributed by atoms with Gasteiger partial charge in [0.1, 0.15) is 0 Å². The van der Waals surface area contributed by atoms with Gasteiger partial charge in [-0.3, -0.25) is 19.5 Å². The van der Waals surface area contributed by atoms with E-state index in [2.05, 4.69) is 4.98 Å². The molecule has 1 atom stereocenters. The summed E-state index contributed by atoms with van der Waals surface area (Å²) in [6.07, 6.45) is 0.422. The quantitative estimate of drug-likeness (QED) is 0.573. The zero-order valence-electron chi connectivity index (χ0n) is 9.89. The predicted octanol–water partition coefficient (Wildman–Crippen LogP) is -0.376. The number of aliphatic hydroxyl groups is 1. The maximum absolute atomic E-state index is 12.1. The van der Waals surface area contributed by atoms with Crippen molar-refractivity contribution in [1.29, 1.82) is 0 Å². The molecular weight excluding hydrogens is 252 g/mol. The van der Waals surface area contributed by atoms with Crippen LogP contribution in [0.15, 0.2) is 29.3 Å². The molecule has 0 amide bonds. The van der Waals surface area contributed by atoms with Gasteiger partial charge in [-0.05, 0) is 6.07 Å². The SMILES string of the molecule is NCC(O)Cn1cnc2ccc([N+](=O)[O-])cc2c1=O. The highest BCUT2D eigenvalue weighted by Gasteiger charge is 2.12. The summed E-state index contributed by atoms with van der Waals surface area (Å²) < 4.78 is 1.18. The molecule has 0 aliphatic rings. The van der Waals surface area contributed by atoms with Crippen molar-refractivity contribution in [3.05, 3.63) is 45.0 Å². The van der Waals surface area contributed by atoms with E-state index >= 15 is 0 Å². The van der Waals surface area contributed by atoms with E-state index in [1.54, 1.807) is 0 Å². The summed E-state index contributed by atoms with van der Waals surface area (Å²) in [5.41, 5.74) is 5.02. The Labute approximate surface area is 107 Å². The van der Waals surface area contributed by atoms with Gasteiger partial charge in [-0.2, -0.15) is 0 Å². The number of aromatic nitrogens is 2. The van der Waals surface area contributed by atoms with Gasteiger partial charge in [0.05, 0.1) is 34.8 Å². The van der Waals surface area contributed by atoms with Crippen LogP contribution in [0.1, 0.15) is 0 Å². The smallest absolute Gasteiger partial charge is 0.270 e. The molecule has 0 fully saturated rings. The van der Waals surface area contributed by atoms with Crippen LogP contribution in [0.5, 0.6) is 0 Å². The molecule has 0 aliphatic carbocycles. The third kappa shape index (κ3) is 2.59. The number of nitrogens with zero attached hydrogens (tertiary/aromatic N) is 3. The first kappa shape index (κ1) is 13.1. The Morgan fingerprint density at radius 2 is 2.26 bits per heavy atom. The van der Waals surface area contributed by atoms with Crippen molar-refractivity contribution in [2.75, 3.05) is 6.54 Å². The fourth-order valence-electron chi connectivity index (χ4n) is 1.69. The van der Waals surface area contributed by atoms with E-state index in [-0.39, 0.29) is 24.2 Å². The van der Waals surface area contributed by atoms with Crippen molar-refractivity contribution in [2.45, 2.75) is 12.6 Å². The normalized spacial score (nSPS) is 12.5. The predicted molar refractivity (Wildman–Crippen MR) is 67.7 cm³/mol. The minimum absolute atomic E-state index is 0.000958. The van der Waals surface area contributed by atoms with E-state index in [1.165, 1.54) is 29.1 Å². The Hall–Kier alpha value is -2.32. The van der Waals surface area contributed by atoms with Crippen molar-refractivity contribution in [3.63, 3.8) is 0 Å². The molecule has 1 heterocycles. The van der Waals surface area contributed by atoms with Crippen LogP contribution >= 0.6 is 0 Å². The summed E-state index contributed by atoms with van der Waals surface area (Å²) in [7, 11) is 0. The monoisotopic (exact) mass is 264 g/mol. The molecular formula is C11H12N4O4. The molecule has 0 spiro atoms. The first-order valence-electron chi connectivity index (χ1n) is 5.54. The van der Waals surface area contributed by atoms with Gasteiger partial charge < -0.3 is 10.8 Å². The molecule has 1 unspecified atom stereocenters. The number of nitro benzene ring substituents is 1. The summed E-state index contributed by atoms with van der Waals surface area (Å²) in [5, 5.41) is 20.3. The highest BCUT2D eigenvalue weighted by atomic mass is 16.6. The van der Waals surface area contributed by atoms with Crippen molar-refractivity contribution in [2.24, 2.45) is 5.73 Å². The van der Waals surface area contributed by atoms with Crippen LogP contribution in [0.3, 0.4) is 0 Å². The molecule has 0 radical (unpaired) electrons. The number of benzene rings is 1. The maximum atomic E-state index is 12.1. The molecule has 0 saturated heterocycles. The lowest BCUT2D eigenvalue weighted by Crippen LogP contribution is -2.31. The van der Waals surface area contributed by atoms with Gasteiger partial charge in [0.15, 0.2) is 0 Å². The number of hydrogen-bond donors (Lipinski definition) is 2. The number of nitro groups is 1. The number of non-ortho nitro benzene ring substituents is 1. The number of nitrogens with two attached hydrogens (primary N) is 1. The molecule has 1 aromatic heterocycles. The minimum Gasteiger partial charge on any atom is -0.390 e. The molecule has 2 aromatic rings. The summed E-state index contributed by atoms with van der Waals surface area (Å²) >= 11 is 0. The Bertz CT molecular complexity index is 682. The second-order valence-corrected chi connectivity index (χ2v) is 4.05. The van der Waals surface area contributed by atoms with Crippen LogP contribution in [0.25, 0.3) is 10.9 Å². The zero-order chi connectivity index (χ0) is 14.0. The minimum atomic E-state index is -0.865. The number of hydrogen-bond acceptors (Lipinski definition) is 6. The molecule has 0 aliphatic heterocycles. The lowest BCUT2D eigenvalue weighted by molar-refractivity contribution is -0.384. The lowest BCUT2D eigenvalue weighted by Gasteiger charge is -2.10. The van der Waals surface area contributed by atoms with Gasteiger partial charge in [0.25, 0.3) is 11.2 Å². The van der Waals surface area contributed by atoms with Crippen LogP contribution in [-0.2, 0) is 6.54 Å². The van der Waals surface area contributed by atoms with Gasteiger partial charge in [-0.25, -0.2) is 4.98 Å². The van der Waals surface area contributed by atoms with Crippen LogP contribution in [0.4, 0.5) is 5.69 Å². The first-order chi connectivity index (χ1) is 9.02. The Morgan fingerprint density at radius 1 is 1.53 bits per heavy atom. The Balaban J connectivity index is 2.56. The highest BCUT2D eigenvalue weighted by molar-refractivity contribution is 5.79. The summed E-state index contributed by atoms with van der Waals surface area (Å²) in [6, 6.07) is 3.88. The van der Waals surface area contributed by atoms with E-state index in [1.807, 2.05) is 0 Å². The summed E-state index contributed by atoms with van der Waals surface area (Å²) in [6.45, 7) is 0.0143. The largest absolute Gasteiger partial charge is 0.390 e. The highest BCUT2D eigenvalue weighted by Crippen LogP contribution is 2.16. The van der Waals surface area contributed by atoms with Crippen molar-refractivity contribution in [1.82, 2.24) is 9.55 Å². The maximum Gasteiger partial charge on any atom is 0.270 e. The van der Waals surface area contributed by atoms with Crippen LogP contribution in [-0.4, -0.2) is 32.2 Å². The fourth-order valence-corrected chi connectivity index (χ4v) is 1.69. The third-order valence-electron chi connectivity index (χ3n) is 2.70. The van der Waals surface area contributed by atoms with E-state index in [0.29, 0.717) is 5.52 Å². The van der Waals surface area contributed by atoms with Gasteiger partial charge in [0.2, 0.25) is 0 Å². The molecule has 0 bridgehead atoms. The van der Waals surface area contributed by atoms with E-state index in [4.69, 9.17) is 5.73 Å². The first-order valence-corrected chi connectivity index (χ1v) is 5.54. The molecule has 0 saturated carbocycles. The molecule has 8 nitrogen and oxygen atoms in total. The second-order valence-electron chi connectivity index (χ2n) is 4.05. The standard InChI is InChI=1S/C11H12N4O4/c12-4-8(16)5-14-6-13-10-2-1-7(15(18)19)3-9(10)11(14)17/h1-3,6,8,16H,4-5,12H2. The van der Waals surface area contributed by atoms with Crippen LogP contribution in [0, 0.1) is 10.1 Å². The van der Waals surface area contributed by atoms with E-state index < -0.39 is 16.6 Å². The number of rotatable bonds is 4. The van der Waals surface area contributed by atoms with Crippen LogP contribution < -0.4 is 11.3 Å². The van der Waals surface area contributed by atoms with Crippen molar-refractivity contribution < 1.29 is 10.0 Å². The van der Waals surface area contributed by atoms with Gasteiger partial charge in [0, 0.05) is 18.7 Å². The van der Waals surface area contributed by atoms with E-state index in [9.17, 15) is 20.0 Å². The van der Waals surface area contributed by atoms with Gasteiger partial charge >= 0.3 is 0 Å². The number of fused-ring (bicyclic) bond motifs is 1. The topological polar surface area (TPSA) is 124 Å². The van der Waals surface area contributed by atoms with Crippen LogP contribution in [0.2, 0.25) is 0 Å².